The van der Waals surface area contributed by atoms with Crippen LogP contribution in [0.15, 0.2) is 61.2 Å². The van der Waals surface area contributed by atoms with Crippen LogP contribution in [0.3, 0.4) is 0 Å². The summed E-state index contributed by atoms with van der Waals surface area (Å²) in [4.78, 5) is 26.2. The molecule has 1 aliphatic rings. The monoisotopic (exact) mass is 465 g/mol. The fraction of sp³-hybridized carbons (Fsp3) is 0.296. The van der Waals surface area contributed by atoms with Gasteiger partial charge in [0.25, 0.3) is 5.91 Å². The summed E-state index contributed by atoms with van der Waals surface area (Å²) in [5.41, 5.74) is 6.15. The maximum Gasteiger partial charge on any atom is 0.251 e. The van der Waals surface area contributed by atoms with Crippen LogP contribution >= 0.6 is 0 Å². The molecule has 1 aromatic carbocycles. The Morgan fingerprint density at radius 1 is 1.11 bits per heavy atom. The molecule has 2 atom stereocenters. The molecular weight excluding hydrogens is 438 g/mol. The highest BCUT2D eigenvalue weighted by Crippen LogP contribution is 2.29. The number of imidazole rings is 1. The molecule has 4 aromatic heterocycles. The summed E-state index contributed by atoms with van der Waals surface area (Å²) in [5, 5.41) is 11.8. The first kappa shape index (κ1) is 21.5. The van der Waals surface area contributed by atoms with Gasteiger partial charge in [0, 0.05) is 47.2 Å². The van der Waals surface area contributed by atoms with Crippen molar-refractivity contribution in [3.05, 3.63) is 72.4 Å². The van der Waals surface area contributed by atoms with Gasteiger partial charge in [-0.3, -0.25) is 14.9 Å². The Kier molecular flexibility index (Phi) is 5.48. The number of pyridine rings is 2. The van der Waals surface area contributed by atoms with Crippen molar-refractivity contribution in [2.75, 3.05) is 0 Å². The van der Waals surface area contributed by atoms with Crippen molar-refractivity contribution in [2.24, 2.45) is 5.92 Å². The molecular formula is C27H27N7O. The smallest absolute Gasteiger partial charge is 0.251 e. The van der Waals surface area contributed by atoms with Crippen molar-refractivity contribution in [3.8, 4) is 11.3 Å². The predicted octanol–water partition coefficient (Wildman–Crippen LogP) is 4.67. The molecule has 2 N–H and O–H groups in total. The minimum Gasteiger partial charge on any atom is -0.349 e. The van der Waals surface area contributed by atoms with Crippen LogP contribution in [0, 0.1) is 12.8 Å². The van der Waals surface area contributed by atoms with E-state index >= 15 is 0 Å². The van der Waals surface area contributed by atoms with E-state index in [4.69, 9.17) is 0 Å². The van der Waals surface area contributed by atoms with E-state index < -0.39 is 0 Å². The lowest BCUT2D eigenvalue weighted by Crippen LogP contribution is -2.39. The molecule has 0 bridgehead atoms. The summed E-state index contributed by atoms with van der Waals surface area (Å²) in [6.07, 6.45) is 9.65. The molecule has 0 saturated heterocycles. The van der Waals surface area contributed by atoms with Crippen molar-refractivity contribution >= 4 is 28.0 Å². The Bertz CT molecular complexity index is 1520. The standard InChI is InChI=1S/C27H27N7O/c1-17-12-19(9-11-28-17)25-22-14-20(7-8-23(22)32-33-25)27(35)31-21-5-2-4-18(13-21)15-34-16-30-26-24(34)6-3-10-29-26/h3,6-12,14,16,18,21H,2,4-5,13,15H2,1H3,(H,31,35)(H,32,33). The third-order valence-corrected chi connectivity index (χ3v) is 6.96. The molecule has 4 heterocycles. The number of benzene rings is 1. The molecule has 1 amide bonds. The lowest BCUT2D eigenvalue weighted by atomic mass is 9.85. The number of amides is 1. The summed E-state index contributed by atoms with van der Waals surface area (Å²) >= 11 is 0. The molecule has 1 fully saturated rings. The first-order valence-corrected chi connectivity index (χ1v) is 12.1. The maximum atomic E-state index is 13.2. The van der Waals surface area contributed by atoms with Gasteiger partial charge in [-0.15, -0.1) is 0 Å². The van der Waals surface area contributed by atoms with Crippen LogP contribution in [0.5, 0.6) is 0 Å². The number of aromatic nitrogens is 6. The Hall–Kier alpha value is -4.07. The van der Waals surface area contributed by atoms with Crippen LogP contribution in [0.25, 0.3) is 33.3 Å². The minimum absolute atomic E-state index is 0.0344. The normalized spacial score (nSPS) is 18.2. The first-order valence-electron chi connectivity index (χ1n) is 12.1. The number of hydrogen-bond acceptors (Lipinski definition) is 5. The van der Waals surface area contributed by atoms with Gasteiger partial charge in [0.05, 0.1) is 17.4 Å². The van der Waals surface area contributed by atoms with Crippen LogP contribution in [0.1, 0.15) is 41.7 Å². The van der Waals surface area contributed by atoms with Gasteiger partial charge in [-0.25, -0.2) is 9.97 Å². The second kappa shape index (κ2) is 8.94. The number of fused-ring (bicyclic) bond motifs is 2. The van der Waals surface area contributed by atoms with Crippen molar-refractivity contribution in [3.63, 3.8) is 0 Å². The lowest BCUT2D eigenvalue weighted by Gasteiger charge is -2.30. The van der Waals surface area contributed by atoms with E-state index in [1.807, 2.05) is 49.6 Å². The molecule has 35 heavy (non-hydrogen) atoms. The summed E-state index contributed by atoms with van der Waals surface area (Å²) in [7, 11) is 0. The number of aromatic amines is 1. The second-order valence-electron chi connectivity index (χ2n) is 9.46. The van der Waals surface area contributed by atoms with E-state index in [0.717, 1.165) is 71.2 Å². The molecule has 8 heteroatoms. The molecule has 5 aromatic rings. The number of aryl methyl sites for hydroxylation is 1. The van der Waals surface area contributed by atoms with Crippen LogP contribution in [0.2, 0.25) is 0 Å². The molecule has 1 saturated carbocycles. The average molecular weight is 466 g/mol. The van der Waals surface area contributed by atoms with E-state index in [1.165, 1.54) is 0 Å². The highest BCUT2D eigenvalue weighted by Gasteiger charge is 2.25. The molecule has 6 rings (SSSR count). The fourth-order valence-corrected chi connectivity index (χ4v) is 5.25. The number of hydrogen-bond donors (Lipinski definition) is 2. The molecule has 0 spiro atoms. The predicted molar refractivity (Wildman–Crippen MR) is 135 cm³/mol. The zero-order valence-electron chi connectivity index (χ0n) is 19.6. The van der Waals surface area contributed by atoms with Crippen LogP contribution < -0.4 is 5.32 Å². The van der Waals surface area contributed by atoms with Gasteiger partial charge in [0.15, 0.2) is 5.65 Å². The van der Waals surface area contributed by atoms with E-state index in [-0.39, 0.29) is 11.9 Å². The summed E-state index contributed by atoms with van der Waals surface area (Å²) in [6, 6.07) is 13.8. The molecule has 176 valence electrons. The molecule has 0 radical (unpaired) electrons. The van der Waals surface area contributed by atoms with E-state index in [9.17, 15) is 4.79 Å². The topological polar surface area (TPSA) is 101 Å². The number of H-pyrrole nitrogens is 1. The largest absolute Gasteiger partial charge is 0.349 e. The summed E-state index contributed by atoms with van der Waals surface area (Å²) in [5.74, 6) is 0.456. The van der Waals surface area contributed by atoms with Crippen molar-refractivity contribution < 1.29 is 4.79 Å². The number of nitrogens with one attached hydrogen (secondary N) is 2. The van der Waals surface area contributed by atoms with Crippen LogP contribution in [-0.2, 0) is 6.54 Å². The van der Waals surface area contributed by atoms with Crippen molar-refractivity contribution in [1.29, 1.82) is 0 Å². The zero-order chi connectivity index (χ0) is 23.8. The first-order chi connectivity index (χ1) is 17.1. The van der Waals surface area contributed by atoms with Gasteiger partial charge < -0.3 is 9.88 Å². The highest BCUT2D eigenvalue weighted by atomic mass is 16.1. The number of rotatable bonds is 5. The number of carbonyl (C=O) groups is 1. The van der Waals surface area contributed by atoms with E-state index in [1.54, 1.807) is 12.4 Å². The average Bonchev–Trinajstić information content (AvgIpc) is 3.48. The zero-order valence-corrected chi connectivity index (χ0v) is 19.6. The minimum atomic E-state index is -0.0344. The second-order valence-corrected chi connectivity index (χ2v) is 9.46. The number of carbonyl (C=O) groups excluding carboxylic acids is 1. The van der Waals surface area contributed by atoms with Crippen molar-refractivity contribution in [2.45, 2.75) is 45.2 Å². The third-order valence-electron chi connectivity index (χ3n) is 6.96. The Morgan fingerprint density at radius 3 is 2.97 bits per heavy atom. The fourth-order valence-electron chi connectivity index (χ4n) is 5.25. The van der Waals surface area contributed by atoms with Crippen LogP contribution in [-0.4, -0.2) is 41.7 Å². The van der Waals surface area contributed by atoms with Gasteiger partial charge in [-0.05, 0) is 74.6 Å². The Morgan fingerprint density at radius 2 is 2.06 bits per heavy atom. The van der Waals surface area contributed by atoms with Gasteiger partial charge in [-0.2, -0.15) is 5.10 Å². The molecule has 1 aliphatic carbocycles. The van der Waals surface area contributed by atoms with Crippen LogP contribution in [0.4, 0.5) is 0 Å². The molecule has 2 unspecified atom stereocenters. The molecule has 8 nitrogen and oxygen atoms in total. The quantitative estimate of drug-likeness (QED) is 0.393. The van der Waals surface area contributed by atoms with Gasteiger partial charge >= 0.3 is 0 Å². The van der Waals surface area contributed by atoms with Gasteiger partial charge in [0.1, 0.15) is 5.69 Å². The third kappa shape index (κ3) is 4.27. The SMILES string of the molecule is Cc1cc(-c2n[nH]c3ccc(C(=O)NC4CCCC(Cn5cnc6ncccc65)C4)cc23)ccn1. The summed E-state index contributed by atoms with van der Waals surface area (Å²) < 4.78 is 2.19. The molecule has 0 aliphatic heterocycles. The maximum absolute atomic E-state index is 13.2. The highest BCUT2D eigenvalue weighted by molar-refractivity contribution is 6.01. The van der Waals surface area contributed by atoms with E-state index in [2.05, 4.69) is 41.1 Å². The Balaban J connectivity index is 1.17. The summed E-state index contributed by atoms with van der Waals surface area (Å²) in [6.45, 7) is 2.85. The van der Waals surface area contributed by atoms with Gasteiger partial charge in [0.2, 0.25) is 0 Å². The van der Waals surface area contributed by atoms with E-state index in [0.29, 0.717) is 11.5 Å². The van der Waals surface area contributed by atoms with Crippen molar-refractivity contribution in [1.82, 2.24) is 35.0 Å². The number of nitrogens with zero attached hydrogens (tertiary/aromatic N) is 5. The lowest BCUT2D eigenvalue weighted by molar-refractivity contribution is 0.0918. The Labute approximate surface area is 202 Å². The van der Waals surface area contributed by atoms with Gasteiger partial charge in [-0.1, -0.05) is 6.42 Å².